The predicted molar refractivity (Wildman–Crippen MR) is 106 cm³/mol. The molecule has 0 saturated carbocycles. The third-order valence-electron chi connectivity index (χ3n) is 5.40. The number of carbonyl (C=O) groups excluding carboxylic acids is 1. The minimum absolute atomic E-state index is 0.0332. The van der Waals surface area contributed by atoms with Gasteiger partial charge in [-0.3, -0.25) is 9.48 Å². The standard InChI is InChI=1S/C19H22F2N4O.C2H6/c1-12(26)24-9-7-16-15(11-24)19(22-23(16)2)25-8-3-4-13-5-6-14(18(20)21)10-17(13)25;1-2/h5-6,10,18H,3-4,7-9,11H2,1-2H3;1-2H3. The molecule has 3 heterocycles. The van der Waals surface area contributed by atoms with Crippen molar-refractivity contribution in [2.45, 2.75) is 53.0 Å². The van der Waals surface area contributed by atoms with Crippen LogP contribution in [0.5, 0.6) is 0 Å². The van der Waals surface area contributed by atoms with E-state index in [1.165, 1.54) is 6.07 Å². The molecule has 4 rings (SSSR count). The van der Waals surface area contributed by atoms with E-state index in [4.69, 9.17) is 5.10 Å². The summed E-state index contributed by atoms with van der Waals surface area (Å²) in [5, 5.41) is 4.70. The Morgan fingerprint density at radius 1 is 1.18 bits per heavy atom. The molecule has 0 radical (unpaired) electrons. The zero-order valence-corrected chi connectivity index (χ0v) is 17.0. The van der Waals surface area contributed by atoms with Gasteiger partial charge in [-0.15, -0.1) is 0 Å². The molecule has 2 aliphatic heterocycles. The van der Waals surface area contributed by atoms with Crippen molar-refractivity contribution in [3.05, 3.63) is 40.6 Å². The quantitative estimate of drug-likeness (QED) is 0.765. The summed E-state index contributed by atoms with van der Waals surface area (Å²) >= 11 is 0. The van der Waals surface area contributed by atoms with Gasteiger partial charge in [0, 0.05) is 56.0 Å². The SMILES string of the molecule is CC.CC(=O)N1CCc2c(c(N3CCCc4ccc(C(F)F)cc43)nn2C)C1. The Balaban J connectivity index is 0.00000109. The number of hydrogen-bond donors (Lipinski definition) is 0. The number of hydrogen-bond acceptors (Lipinski definition) is 3. The molecule has 5 nitrogen and oxygen atoms in total. The van der Waals surface area contributed by atoms with Crippen LogP contribution in [0.3, 0.4) is 0 Å². The molecule has 0 unspecified atom stereocenters. The first-order valence-corrected chi connectivity index (χ1v) is 9.94. The molecule has 0 bridgehead atoms. The lowest BCUT2D eigenvalue weighted by molar-refractivity contribution is -0.129. The van der Waals surface area contributed by atoms with Gasteiger partial charge < -0.3 is 9.80 Å². The van der Waals surface area contributed by atoms with E-state index in [9.17, 15) is 13.6 Å². The molecular weight excluding hydrogens is 362 g/mol. The minimum atomic E-state index is -2.49. The number of rotatable bonds is 2. The molecule has 0 aliphatic carbocycles. The topological polar surface area (TPSA) is 41.4 Å². The molecule has 2 aromatic rings. The second kappa shape index (κ2) is 8.29. The van der Waals surface area contributed by atoms with Crippen LogP contribution >= 0.6 is 0 Å². The van der Waals surface area contributed by atoms with Gasteiger partial charge in [0.25, 0.3) is 6.43 Å². The largest absolute Gasteiger partial charge is 0.338 e. The lowest BCUT2D eigenvalue weighted by Gasteiger charge is -2.32. The van der Waals surface area contributed by atoms with Gasteiger partial charge in [-0.25, -0.2) is 8.78 Å². The van der Waals surface area contributed by atoms with Crippen molar-refractivity contribution in [2.75, 3.05) is 18.0 Å². The first kappa shape index (κ1) is 20.3. The number of carbonyl (C=O) groups is 1. The normalized spacial score (nSPS) is 15.7. The van der Waals surface area contributed by atoms with Gasteiger partial charge in [-0.05, 0) is 24.5 Å². The molecule has 1 aromatic heterocycles. The molecule has 0 atom stereocenters. The summed E-state index contributed by atoms with van der Waals surface area (Å²) in [4.78, 5) is 15.7. The average Bonchev–Trinajstić information content (AvgIpc) is 3.04. The summed E-state index contributed by atoms with van der Waals surface area (Å²) < 4.78 is 28.3. The van der Waals surface area contributed by atoms with E-state index in [1.807, 2.05) is 35.4 Å². The van der Waals surface area contributed by atoms with Crippen LogP contribution in [-0.4, -0.2) is 33.7 Å². The molecule has 0 N–H and O–H groups in total. The number of aryl methyl sites for hydroxylation is 2. The van der Waals surface area contributed by atoms with Gasteiger partial charge in [0.1, 0.15) is 0 Å². The molecule has 28 heavy (non-hydrogen) atoms. The summed E-state index contributed by atoms with van der Waals surface area (Å²) in [5.41, 5.74) is 4.07. The highest BCUT2D eigenvalue weighted by atomic mass is 19.3. The number of nitrogens with zero attached hydrogens (tertiary/aromatic N) is 4. The fraction of sp³-hybridized carbons (Fsp3) is 0.524. The zero-order valence-electron chi connectivity index (χ0n) is 17.0. The fourth-order valence-electron chi connectivity index (χ4n) is 4.01. The Labute approximate surface area is 164 Å². The number of amides is 1. The van der Waals surface area contributed by atoms with Crippen molar-refractivity contribution < 1.29 is 13.6 Å². The van der Waals surface area contributed by atoms with Gasteiger partial charge in [-0.2, -0.15) is 5.10 Å². The van der Waals surface area contributed by atoms with Crippen molar-refractivity contribution in [3.8, 4) is 0 Å². The number of alkyl halides is 2. The summed E-state index contributed by atoms with van der Waals surface area (Å²) in [6, 6.07) is 4.91. The average molecular weight is 390 g/mol. The van der Waals surface area contributed by atoms with Gasteiger partial charge in [0.2, 0.25) is 5.91 Å². The number of fused-ring (bicyclic) bond motifs is 2. The third-order valence-corrected chi connectivity index (χ3v) is 5.40. The maximum atomic E-state index is 13.2. The monoisotopic (exact) mass is 390 g/mol. The van der Waals surface area contributed by atoms with Crippen LogP contribution in [0.25, 0.3) is 0 Å². The number of aromatic nitrogens is 2. The highest BCUT2D eigenvalue weighted by Gasteiger charge is 2.30. The summed E-state index contributed by atoms with van der Waals surface area (Å²) in [5.74, 6) is 0.838. The first-order valence-electron chi connectivity index (χ1n) is 9.94. The molecule has 7 heteroatoms. The van der Waals surface area contributed by atoms with Crippen LogP contribution in [-0.2, 0) is 31.2 Å². The summed E-state index contributed by atoms with van der Waals surface area (Å²) in [6.45, 7) is 7.52. The summed E-state index contributed by atoms with van der Waals surface area (Å²) in [6.07, 6.45) is 0.0954. The van der Waals surface area contributed by atoms with E-state index in [0.29, 0.717) is 13.1 Å². The van der Waals surface area contributed by atoms with E-state index >= 15 is 0 Å². The van der Waals surface area contributed by atoms with E-state index in [2.05, 4.69) is 0 Å². The third kappa shape index (κ3) is 3.62. The predicted octanol–water partition coefficient (Wildman–Crippen LogP) is 4.37. The smallest absolute Gasteiger partial charge is 0.263 e. The molecule has 2 aliphatic rings. The zero-order chi connectivity index (χ0) is 20.4. The van der Waals surface area contributed by atoms with Crippen LogP contribution in [0.1, 0.15) is 56.0 Å². The van der Waals surface area contributed by atoms with E-state index < -0.39 is 6.43 Å². The van der Waals surface area contributed by atoms with Crippen LogP contribution in [0.4, 0.5) is 20.3 Å². The summed E-state index contributed by atoms with van der Waals surface area (Å²) in [7, 11) is 1.91. The number of anilines is 2. The van der Waals surface area contributed by atoms with Crippen LogP contribution in [0, 0.1) is 0 Å². The van der Waals surface area contributed by atoms with E-state index in [1.54, 1.807) is 19.1 Å². The van der Waals surface area contributed by atoms with Crippen molar-refractivity contribution in [1.82, 2.24) is 14.7 Å². The highest BCUT2D eigenvalue weighted by Crippen LogP contribution is 2.39. The molecular formula is C21H28F2N4O. The van der Waals surface area contributed by atoms with Gasteiger partial charge in [0.05, 0.1) is 6.54 Å². The van der Waals surface area contributed by atoms with E-state index in [0.717, 1.165) is 54.1 Å². The van der Waals surface area contributed by atoms with Crippen LogP contribution < -0.4 is 4.90 Å². The van der Waals surface area contributed by atoms with Crippen molar-refractivity contribution in [2.24, 2.45) is 7.05 Å². The lowest BCUT2D eigenvalue weighted by atomic mass is 9.98. The lowest BCUT2D eigenvalue weighted by Crippen LogP contribution is -2.35. The first-order chi connectivity index (χ1) is 13.5. The van der Waals surface area contributed by atoms with Crippen molar-refractivity contribution >= 4 is 17.4 Å². The molecule has 0 fully saturated rings. The van der Waals surface area contributed by atoms with Gasteiger partial charge in [-0.1, -0.05) is 26.0 Å². The Kier molecular flexibility index (Phi) is 6.01. The number of halogens is 2. The second-order valence-electron chi connectivity index (χ2n) is 7.01. The Hall–Kier alpha value is -2.44. The molecule has 0 saturated heterocycles. The molecule has 0 spiro atoms. The Bertz CT molecular complexity index is 862. The molecule has 152 valence electrons. The highest BCUT2D eigenvalue weighted by molar-refractivity contribution is 5.75. The van der Waals surface area contributed by atoms with Crippen LogP contribution in [0.2, 0.25) is 0 Å². The number of benzene rings is 1. The Morgan fingerprint density at radius 2 is 1.93 bits per heavy atom. The van der Waals surface area contributed by atoms with Crippen LogP contribution in [0.15, 0.2) is 18.2 Å². The van der Waals surface area contributed by atoms with Crippen molar-refractivity contribution in [3.63, 3.8) is 0 Å². The van der Waals surface area contributed by atoms with E-state index in [-0.39, 0.29) is 11.5 Å². The van der Waals surface area contributed by atoms with Gasteiger partial charge >= 0.3 is 0 Å². The Morgan fingerprint density at radius 3 is 2.61 bits per heavy atom. The second-order valence-corrected chi connectivity index (χ2v) is 7.01. The molecule has 1 aromatic carbocycles. The van der Waals surface area contributed by atoms with Crippen molar-refractivity contribution in [1.29, 1.82) is 0 Å². The fourth-order valence-corrected chi connectivity index (χ4v) is 4.01. The molecule has 1 amide bonds. The minimum Gasteiger partial charge on any atom is -0.338 e. The maximum absolute atomic E-state index is 13.2. The van der Waals surface area contributed by atoms with Gasteiger partial charge in [0.15, 0.2) is 5.82 Å². The maximum Gasteiger partial charge on any atom is 0.263 e.